The zero-order valence-corrected chi connectivity index (χ0v) is 11.1. The van der Waals surface area contributed by atoms with Crippen molar-refractivity contribution >= 4 is 22.8 Å². The van der Waals surface area contributed by atoms with Gasteiger partial charge < -0.3 is 9.73 Å². The maximum Gasteiger partial charge on any atom is 0.296 e. The third-order valence-electron chi connectivity index (χ3n) is 2.84. The molecule has 0 amide bonds. The van der Waals surface area contributed by atoms with Gasteiger partial charge in [0.05, 0.1) is 29.1 Å². The van der Waals surface area contributed by atoms with Crippen molar-refractivity contribution in [2.45, 2.75) is 13.5 Å². The predicted molar refractivity (Wildman–Crippen MR) is 74.8 cm³/mol. The van der Waals surface area contributed by atoms with E-state index in [1.54, 1.807) is 12.4 Å². The first-order chi connectivity index (χ1) is 10.1. The number of aryl methyl sites for hydroxylation is 1. The van der Waals surface area contributed by atoms with Crippen LogP contribution >= 0.6 is 0 Å². The molecule has 21 heavy (non-hydrogen) atoms. The van der Waals surface area contributed by atoms with Crippen molar-refractivity contribution in [1.29, 1.82) is 0 Å². The van der Waals surface area contributed by atoms with Crippen molar-refractivity contribution in [3.8, 4) is 0 Å². The highest BCUT2D eigenvalue weighted by Crippen LogP contribution is 2.23. The summed E-state index contributed by atoms with van der Waals surface area (Å²) in [5.41, 5.74) is 2.48. The first-order valence-corrected chi connectivity index (χ1v) is 6.18. The lowest BCUT2D eigenvalue weighted by Crippen LogP contribution is -2.02. The number of nitrogens with one attached hydrogen (secondary N) is 1. The quantitative estimate of drug-likeness (QED) is 0.579. The number of oxazole rings is 1. The van der Waals surface area contributed by atoms with Crippen LogP contribution in [0.15, 0.2) is 35.0 Å². The van der Waals surface area contributed by atoms with Crippen LogP contribution in [0.4, 0.5) is 11.7 Å². The maximum absolute atomic E-state index is 10.7. The fraction of sp³-hybridized carbons (Fsp3) is 0.154. The number of hydrogen-bond donors (Lipinski definition) is 1. The number of hydrogen-bond acceptors (Lipinski definition) is 7. The number of benzene rings is 1. The molecule has 3 rings (SSSR count). The van der Waals surface area contributed by atoms with Gasteiger partial charge in [0.2, 0.25) is 0 Å². The van der Waals surface area contributed by atoms with E-state index in [1.165, 1.54) is 18.2 Å². The Bertz CT molecular complexity index is 797. The Morgan fingerprint density at radius 3 is 2.90 bits per heavy atom. The van der Waals surface area contributed by atoms with Gasteiger partial charge >= 0.3 is 0 Å². The number of aromatic nitrogens is 3. The first kappa shape index (κ1) is 13.0. The van der Waals surface area contributed by atoms with Crippen molar-refractivity contribution in [2.75, 3.05) is 5.32 Å². The van der Waals surface area contributed by atoms with Gasteiger partial charge in [0.25, 0.3) is 11.7 Å². The van der Waals surface area contributed by atoms with Crippen molar-refractivity contribution in [3.05, 3.63) is 52.1 Å². The van der Waals surface area contributed by atoms with Crippen LogP contribution in [-0.2, 0) is 6.54 Å². The minimum absolute atomic E-state index is 0.0215. The van der Waals surface area contributed by atoms with Gasteiger partial charge in [-0.1, -0.05) is 0 Å². The summed E-state index contributed by atoms with van der Waals surface area (Å²) in [6.45, 7) is 2.26. The summed E-state index contributed by atoms with van der Waals surface area (Å²) in [6.07, 6.45) is 3.34. The zero-order chi connectivity index (χ0) is 14.8. The standard InChI is InChI=1S/C13H11N5O3/c1-8-5-15-9(6-14-8)7-16-13-17-11-4-10(18(19)20)2-3-12(11)21-13/h2-6H,7H2,1H3,(H,16,17). The van der Waals surface area contributed by atoms with Gasteiger partial charge in [-0.2, -0.15) is 4.98 Å². The SMILES string of the molecule is Cc1cnc(CNc2nc3cc([N+](=O)[O-])ccc3o2)cn1. The summed E-state index contributed by atoms with van der Waals surface area (Å²) < 4.78 is 5.46. The highest BCUT2D eigenvalue weighted by atomic mass is 16.6. The Morgan fingerprint density at radius 1 is 1.33 bits per heavy atom. The molecular weight excluding hydrogens is 274 g/mol. The molecule has 0 radical (unpaired) electrons. The van der Waals surface area contributed by atoms with Gasteiger partial charge in [-0.15, -0.1) is 0 Å². The summed E-state index contributed by atoms with van der Waals surface area (Å²) in [6, 6.07) is 4.56. The molecule has 0 unspecified atom stereocenters. The molecule has 1 N–H and O–H groups in total. The summed E-state index contributed by atoms with van der Waals surface area (Å²) in [5, 5.41) is 13.7. The Hall–Kier alpha value is -3.03. The van der Waals surface area contributed by atoms with Crippen LogP contribution < -0.4 is 5.32 Å². The van der Waals surface area contributed by atoms with Gasteiger partial charge in [0, 0.05) is 18.3 Å². The zero-order valence-electron chi connectivity index (χ0n) is 11.1. The van der Waals surface area contributed by atoms with Crippen LogP contribution in [0.1, 0.15) is 11.4 Å². The third-order valence-corrected chi connectivity index (χ3v) is 2.84. The van der Waals surface area contributed by atoms with E-state index >= 15 is 0 Å². The van der Waals surface area contributed by atoms with E-state index in [-0.39, 0.29) is 11.7 Å². The van der Waals surface area contributed by atoms with E-state index in [9.17, 15) is 10.1 Å². The van der Waals surface area contributed by atoms with Gasteiger partial charge in [0.15, 0.2) is 5.58 Å². The molecular formula is C13H11N5O3. The average Bonchev–Trinajstić information content (AvgIpc) is 2.88. The monoisotopic (exact) mass is 285 g/mol. The fourth-order valence-corrected chi connectivity index (χ4v) is 1.78. The topological polar surface area (TPSA) is 107 Å². The summed E-state index contributed by atoms with van der Waals surface area (Å²) in [7, 11) is 0. The Balaban J connectivity index is 1.78. The van der Waals surface area contributed by atoms with Crippen LogP contribution in [0, 0.1) is 17.0 Å². The van der Waals surface area contributed by atoms with Gasteiger partial charge in [-0.05, 0) is 13.0 Å². The molecule has 0 aliphatic heterocycles. The maximum atomic E-state index is 10.7. The highest BCUT2D eigenvalue weighted by Gasteiger charge is 2.11. The lowest BCUT2D eigenvalue weighted by atomic mass is 10.3. The summed E-state index contributed by atoms with van der Waals surface area (Å²) >= 11 is 0. The molecule has 8 heteroatoms. The molecule has 8 nitrogen and oxygen atoms in total. The molecule has 0 saturated carbocycles. The number of fused-ring (bicyclic) bond motifs is 1. The molecule has 1 aromatic carbocycles. The van der Waals surface area contributed by atoms with Crippen molar-refractivity contribution in [1.82, 2.24) is 15.0 Å². The minimum atomic E-state index is -0.469. The Kier molecular flexibility index (Phi) is 3.19. The minimum Gasteiger partial charge on any atom is -0.424 e. The summed E-state index contributed by atoms with van der Waals surface area (Å²) in [4.78, 5) is 22.7. The van der Waals surface area contributed by atoms with Crippen LogP contribution in [0.25, 0.3) is 11.1 Å². The smallest absolute Gasteiger partial charge is 0.296 e. The van der Waals surface area contributed by atoms with Crippen molar-refractivity contribution in [2.24, 2.45) is 0 Å². The number of non-ortho nitro benzene ring substituents is 1. The number of rotatable bonds is 4. The Morgan fingerprint density at radius 2 is 2.19 bits per heavy atom. The van der Waals surface area contributed by atoms with E-state index < -0.39 is 4.92 Å². The van der Waals surface area contributed by atoms with Crippen LogP contribution in [0.5, 0.6) is 0 Å². The van der Waals surface area contributed by atoms with Crippen LogP contribution in [0.3, 0.4) is 0 Å². The molecule has 0 bridgehead atoms. The molecule has 3 aromatic rings. The van der Waals surface area contributed by atoms with Crippen molar-refractivity contribution < 1.29 is 9.34 Å². The van der Waals surface area contributed by atoms with Gasteiger partial charge in [0.1, 0.15) is 5.52 Å². The van der Waals surface area contributed by atoms with E-state index in [4.69, 9.17) is 4.42 Å². The van der Waals surface area contributed by atoms with Crippen LogP contribution in [0.2, 0.25) is 0 Å². The van der Waals surface area contributed by atoms with Gasteiger partial charge in [-0.3, -0.25) is 20.1 Å². The second-order valence-electron chi connectivity index (χ2n) is 4.43. The molecule has 0 fully saturated rings. The normalized spacial score (nSPS) is 10.7. The van der Waals surface area contributed by atoms with E-state index in [0.29, 0.717) is 17.6 Å². The molecule has 0 aliphatic carbocycles. The second kappa shape index (κ2) is 5.16. The highest BCUT2D eigenvalue weighted by molar-refractivity contribution is 5.77. The number of nitro groups is 1. The largest absolute Gasteiger partial charge is 0.424 e. The van der Waals surface area contributed by atoms with Crippen LogP contribution in [-0.4, -0.2) is 19.9 Å². The molecule has 0 spiro atoms. The number of anilines is 1. The molecule has 2 heterocycles. The number of nitro benzene ring substituents is 1. The van der Waals surface area contributed by atoms with Crippen molar-refractivity contribution in [3.63, 3.8) is 0 Å². The molecule has 2 aromatic heterocycles. The van der Waals surface area contributed by atoms with E-state index in [1.807, 2.05) is 6.92 Å². The average molecular weight is 285 g/mol. The first-order valence-electron chi connectivity index (χ1n) is 6.18. The molecule has 0 aliphatic rings. The number of nitrogens with zero attached hydrogens (tertiary/aromatic N) is 4. The second-order valence-corrected chi connectivity index (χ2v) is 4.43. The van der Waals surface area contributed by atoms with Gasteiger partial charge in [-0.25, -0.2) is 0 Å². The summed E-state index contributed by atoms with van der Waals surface area (Å²) in [5.74, 6) is 0. The fourth-order valence-electron chi connectivity index (χ4n) is 1.78. The van der Waals surface area contributed by atoms with E-state index in [2.05, 4.69) is 20.3 Å². The third kappa shape index (κ3) is 2.78. The lowest BCUT2D eigenvalue weighted by molar-refractivity contribution is -0.384. The molecule has 106 valence electrons. The Labute approximate surface area is 119 Å². The van der Waals surface area contributed by atoms with E-state index in [0.717, 1.165) is 11.4 Å². The molecule has 0 atom stereocenters. The lowest BCUT2D eigenvalue weighted by Gasteiger charge is -2.00. The molecule has 0 saturated heterocycles. The predicted octanol–water partition coefficient (Wildman–Crippen LogP) is 2.45.